The number of hydrogen-bond acceptors (Lipinski definition) is 6. The Balaban J connectivity index is 1.43. The number of ether oxygens (including phenoxy) is 3. The lowest BCUT2D eigenvalue weighted by molar-refractivity contribution is 0.0166. The molecule has 2 heterocycles. The van der Waals surface area contributed by atoms with Gasteiger partial charge in [-0.3, -0.25) is 4.79 Å². The summed E-state index contributed by atoms with van der Waals surface area (Å²) in [5, 5.41) is 6.84. The van der Waals surface area contributed by atoms with Crippen molar-refractivity contribution >= 4 is 5.91 Å². The van der Waals surface area contributed by atoms with Crippen LogP contribution < -0.4 is 10.1 Å². The molecule has 1 atom stereocenters. The van der Waals surface area contributed by atoms with Crippen molar-refractivity contribution < 1.29 is 23.5 Å². The highest BCUT2D eigenvalue weighted by Gasteiger charge is 2.16. The van der Waals surface area contributed by atoms with E-state index in [1.807, 2.05) is 26.0 Å². The Hall–Kier alpha value is -2.38. The molecule has 7 nitrogen and oxygen atoms in total. The number of nitrogens with zero attached hydrogens (tertiary/aromatic N) is 1. The molecule has 152 valence electrons. The van der Waals surface area contributed by atoms with Gasteiger partial charge in [0.05, 0.1) is 29.5 Å². The minimum atomic E-state index is -0.159. The van der Waals surface area contributed by atoms with Crippen LogP contribution in [-0.4, -0.2) is 43.5 Å². The summed E-state index contributed by atoms with van der Waals surface area (Å²) in [7, 11) is 0. The fourth-order valence-corrected chi connectivity index (χ4v) is 3.10. The number of para-hydroxylation sites is 1. The van der Waals surface area contributed by atoms with Crippen molar-refractivity contribution in [2.45, 2.75) is 45.8 Å². The minimum absolute atomic E-state index is 0.159. The van der Waals surface area contributed by atoms with Crippen molar-refractivity contribution in [3.05, 3.63) is 46.8 Å². The van der Waals surface area contributed by atoms with Crippen molar-refractivity contribution in [3.63, 3.8) is 0 Å². The average molecular weight is 388 g/mol. The Bertz CT molecular complexity index is 748. The van der Waals surface area contributed by atoms with Crippen LogP contribution in [0.25, 0.3) is 0 Å². The Morgan fingerprint density at radius 2 is 2.18 bits per heavy atom. The van der Waals surface area contributed by atoms with E-state index in [1.165, 1.54) is 0 Å². The van der Waals surface area contributed by atoms with Gasteiger partial charge in [-0.1, -0.05) is 17.3 Å². The first-order chi connectivity index (χ1) is 13.6. The molecular weight excluding hydrogens is 360 g/mol. The van der Waals surface area contributed by atoms with Crippen LogP contribution in [0.3, 0.4) is 0 Å². The predicted octanol–water partition coefficient (Wildman–Crippen LogP) is 3.19. The summed E-state index contributed by atoms with van der Waals surface area (Å²) in [5.74, 6) is 1.10. The van der Waals surface area contributed by atoms with Crippen molar-refractivity contribution in [1.29, 1.82) is 0 Å². The van der Waals surface area contributed by atoms with Crippen LogP contribution in [0.2, 0.25) is 0 Å². The van der Waals surface area contributed by atoms with Gasteiger partial charge in [0, 0.05) is 19.8 Å². The topological polar surface area (TPSA) is 82.8 Å². The van der Waals surface area contributed by atoms with E-state index in [0.717, 1.165) is 42.9 Å². The third-order valence-electron chi connectivity index (χ3n) is 4.76. The van der Waals surface area contributed by atoms with Crippen LogP contribution in [0, 0.1) is 13.8 Å². The molecule has 1 amide bonds. The van der Waals surface area contributed by atoms with Crippen LogP contribution in [0.1, 0.15) is 46.6 Å². The molecule has 0 spiro atoms. The number of aromatic nitrogens is 1. The number of aryl methyl sites for hydroxylation is 2. The Morgan fingerprint density at radius 1 is 1.32 bits per heavy atom. The van der Waals surface area contributed by atoms with Crippen LogP contribution in [0.4, 0.5) is 0 Å². The number of nitrogens with one attached hydrogen (secondary N) is 1. The highest BCUT2D eigenvalue weighted by atomic mass is 16.5. The van der Waals surface area contributed by atoms with E-state index in [2.05, 4.69) is 10.5 Å². The molecule has 0 bridgehead atoms. The van der Waals surface area contributed by atoms with Crippen molar-refractivity contribution in [3.8, 4) is 5.75 Å². The molecule has 1 aromatic heterocycles. The zero-order chi connectivity index (χ0) is 19.8. The van der Waals surface area contributed by atoms with Gasteiger partial charge in [0.1, 0.15) is 18.1 Å². The maximum atomic E-state index is 12.5. The molecule has 1 N–H and O–H groups in total. The molecule has 1 aromatic carbocycles. The van der Waals surface area contributed by atoms with Crippen LogP contribution >= 0.6 is 0 Å². The molecule has 0 saturated carbocycles. The lowest BCUT2D eigenvalue weighted by atomic mass is 10.1. The molecule has 2 aromatic rings. The molecule has 1 fully saturated rings. The molecule has 0 aliphatic carbocycles. The van der Waals surface area contributed by atoms with E-state index in [1.54, 1.807) is 12.1 Å². The SMILES string of the molecule is Cc1noc(C)c1COc1ccccc1C(=O)NCCCOCC1CCCO1. The first kappa shape index (κ1) is 20.4. The van der Waals surface area contributed by atoms with E-state index >= 15 is 0 Å². The van der Waals surface area contributed by atoms with Crippen molar-refractivity contribution in [2.75, 3.05) is 26.4 Å². The second-order valence-corrected chi connectivity index (χ2v) is 6.91. The minimum Gasteiger partial charge on any atom is -0.488 e. The normalized spacial score (nSPS) is 16.3. The lowest BCUT2D eigenvalue weighted by Crippen LogP contribution is -2.26. The van der Waals surface area contributed by atoms with Gasteiger partial charge in [-0.05, 0) is 45.2 Å². The molecule has 28 heavy (non-hydrogen) atoms. The molecule has 1 saturated heterocycles. The van der Waals surface area contributed by atoms with E-state index in [-0.39, 0.29) is 12.0 Å². The highest BCUT2D eigenvalue weighted by molar-refractivity contribution is 5.96. The van der Waals surface area contributed by atoms with Gasteiger partial charge in [0.15, 0.2) is 0 Å². The van der Waals surface area contributed by atoms with E-state index in [0.29, 0.717) is 37.7 Å². The summed E-state index contributed by atoms with van der Waals surface area (Å²) in [5.41, 5.74) is 2.20. The fourth-order valence-electron chi connectivity index (χ4n) is 3.10. The monoisotopic (exact) mass is 388 g/mol. The van der Waals surface area contributed by atoms with Crippen LogP contribution in [-0.2, 0) is 16.1 Å². The molecule has 1 aliphatic heterocycles. The second-order valence-electron chi connectivity index (χ2n) is 6.91. The first-order valence-electron chi connectivity index (χ1n) is 9.76. The molecule has 3 rings (SSSR count). The van der Waals surface area contributed by atoms with E-state index in [4.69, 9.17) is 18.7 Å². The summed E-state index contributed by atoms with van der Waals surface area (Å²) in [6.45, 7) is 6.64. The van der Waals surface area contributed by atoms with Gasteiger partial charge < -0.3 is 24.1 Å². The van der Waals surface area contributed by atoms with Gasteiger partial charge >= 0.3 is 0 Å². The fraction of sp³-hybridized carbons (Fsp3) is 0.524. The number of carbonyl (C=O) groups excluding carboxylic acids is 1. The molecule has 1 unspecified atom stereocenters. The maximum absolute atomic E-state index is 12.5. The number of hydrogen-bond donors (Lipinski definition) is 1. The third-order valence-corrected chi connectivity index (χ3v) is 4.76. The molecule has 1 aliphatic rings. The van der Waals surface area contributed by atoms with Crippen molar-refractivity contribution in [1.82, 2.24) is 10.5 Å². The summed E-state index contributed by atoms with van der Waals surface area (Å²) < 4.78 is 22.1. The van der Waals surface area contributed by atoms with Crippen LogP contribution in [0.5, 0.6) is 5.75 Å². The van der Waals surface area contributed by atoms with Gasteiger partial charge in [-0.15, -0.1) is 0 Å². The quantitative estimate of drug-likeness (QED) is 0.630. The Kier molecular flexibility index (Phi) is 7.45. The highest BCUT2D eigenvalue weighted by Crippen LogP contribution is 2.21. The average Bonchev–Trinajstić information content (AvgIpc) is 3.33. The number of carbonyl (C=O) groups is 1. The maximum Gasteiger partial charge on any atom is 0.255 e. The Labute approximate surface area is 165 Å². The number of rotatable bonds is 10. The largest absolute Gasteiger partial charge is 0.488 e. The summed E-state index contributed by atoms with van der Waals surface area (Å²) >= 11 is 0. The summed E-state index contributed by atoms with van der Waals surface area (Å²) in [6.07, 6.45) is 3.17. The van der Waals surface area contributed by atoms with E-state index < -0.39 is 0 Å². The third kappa shape index (κ3) is 5.56. The summed E-state index contributed by atoms with van der Waals surface area (Å²) in [4.78, 5) is 12.5. The predicted molar refractivity (Wildman–Crippen MR) is 103 cm³/mol. The molecule has 7 heteroatoms. The van der Waals surface area contributed by atoms with Gasteiger partial charge in [0.2, 0.25) is 0 Å². The summed E-state index contributed by atoms with van der Waals surface area (Å²) in [6, 6.07) is 7.21. The second kappa shape index (κ2) is 10.2. The zero-order valence-corrected chi connectivity index (χ0v) is 16.5. The molecular formula is C21H28N2O5. The van der Waals surface area contributed by atoms with Gasteiger partial charge in [-0.2, -0.15) is 0 Å². The lowest BCUT2D eigenvalue weighted by Gasteiger charge is -2.12. The smallest absolute Gasteiger partial charge is 0.255 e. The number of benzene rings is 1. The van der Waals surface area contributed by atoms with Gasteiger partial charge in [-0.25, -0.2) is 0 Å². The van der Waals surface area contributed by atoms with Crippen molar-refractivity contribution in [2.24, 2.45) is 0 Å². The Morgan fingerprint density at radius 3 is 2.93 bits per heavy atom. The standard InChI is InChI=1S/C21H28N2O5/c1-15-19(16(2)28-23-15)14-27-20-9-4-3-8-18(20)21(24)22-10-6-11-25-13-17-7-5-12-26-17/h3-4,8-9,17H,5-7,10-14H2,1-2H3,(H,22,24). The van der Waals surface area contributed by atoms with Gasteiger partial charge in [0.25, 0.3) is 5.91 Å². The van der Waals surface area contributed by atoms with Crippen LogP contribution in [0.15, 0.2) is 28.8 Å². The zero-order valence-electron chi connectivity index (χ0n) is 16.5. The first-order valence-corrected chi connectivity index (χ1v) is 9.76. The van der Waals surface area contributed by atoms with E-state index in [9.17, 15) is 4.79 Å². The molecule has 0 radical (unpaired) electrons. The number of amides is 1.